The maximum absolute atomic E-state index is 12.3. The van der Waals surface area contributed by atoms with E-state index in [9.17, 15) is 13.6 Å². The molecule has 1 N–H and O–H groups in total. The van der Waals surface area contributed by atoms with Crippen LogP contribution in [0.1, 0.15) is 5.56 Å². The normalized spacial score (nSPS) is 10.7. The van der Waals surface area contributed by atoms with Gasteiger partial charge in [0.05, 0.1) is 27.0 Å². The van der Waals surface area contributed by atoms with Crippen LogP contribution in [0.15, 0.2) is 42.5 Å². The molecule has 0 spiro atoms. The summed E-state index contributed by atoms with van der Waals surface area (Å²) >= 11 is 0. The summed E-state index contributed by atoms with van der Waals surface area (Å²) in [6.45, 7) is -2.95. The van der Waals surface area contributed by atoms with Crippen LogP contribution in [0.3, 0.4) is 0 Å². The number of methoxy groups -OCH3 is 3. The van der Waals surface area contributed by atoms with Crippen molar-refractivity contribution >= 4 is 17.7 Å². The van der Waals surface area contributed by atoms with Crippen molar-refractivity contribution in [1.82, 2.24) is 0 Å². The molecule has 0 unspecified atom stereocenters. The maximum atomic E-state index is 12.3. The van der Waals surface area contributed by atoms with Gasteiger partial charge in [-0.05, 0) is 35.9 Å². The number of ether oxygens (including phenoxy) is 4. The van der Waals surface area contributed by atoms with Gasteiger partial charge < -0.3 is 24.3 Å². The average Bonchev–Trinajstić information content (AvgIpc) is 2.67. The molecule has 0 saturated heterocycles. The number of carbonyl (C=O) groups is 1. The van der Waals surface area contributed by atoms with Crippen molar-refractivity contribution < 1.29 is 32.5 Å². The van der Waals surface area contributed by atoms with Crippen LogP contribution in [-0.2, 0) is 4.79 Å². The Morgan fingerprint density at radius 3 is 2.33 bits per heavy atom. The lowest BCUT2D eigenvalue weighted by Gasteiger charge is -2.11. The molecule has 0 saturated carbocycles. The second-order valence-electron chi connectivity index (χ2n) is 5.18. The lowest BCUT2D eigenvalue weighted by molar-refractivity contribution is -0.111. The molecule has 144 valence electrons. The summed E-state index contributed by atoms with van der Waals surface area (Å²) in [5.74, 6) is 0.696. The molecule has 8 heteroatoms. The van der Waals surface area contributed by atoms with E-state index in [-0.39, 0.29) is 11.5 Å². The molecule has 2 rings (SSSR count). The third-order valence-corrected chi connectivity index (χ3v) is 3.50. The Labute approximate surface area is 155 Å². The third kappa shape index (κ3) is 5.60. The van der Waals surface area contributed by atoms with E-state index < -0.39 is 12.5 Å². The first-order chi connectivity index (χ1) is 13.0. The van der Waals surface area contributed by atoms with Crippen LogP contribution in [-0.4, -0.2) is 33.8 Å². The molecule has 1 amide bonds. The minimum atomic E-state index is -2.95. The second kappa shape index (κ2) is 9.42. The van der Waals surface area contributed by atoms with Gasteiger partial charge in [-0.3, -0.25) is 4.79 Å². The van der Waals surface area contributed by atoms with Gasteiger partial charge in [0.25, 0.3) is 0 Å². The van der Waals surface area contributed by atoms with Crippen LogP contribution >= 0.6 is 0 Å². The number of halogens is 2. The van der Waals surface area contributed by atoms with Crippen LogP contribution in [0, 0.1) is 0 Å². The fraction of sp³-hybridized carbons (Fsp3) is 0.211. The number of alkyl halides is 2. The first-order valence-electron chi connectivity index (χ1n) is 7.80. The van der Waals surface area contributed by atoms with Gasteiger partial charge in [-0.25, -0.2) is 0 Å². The molecule has 0 aliphatic heterocycles. The lowest BCUT2D eigenvalue weighted by atomic mass is 10.2. The molecule has 0 aromatic heterocycles. The smallest absolute Gasteiger partial charge is 0.387 e. The summed E-state index contributed by atoms with van der Waals surface area (Å²) < 4.78 is 44.4. The Hall–Kier alpha value is -3.29. The van der Waals surface area contributed by atoms with Gasteiger partial charge in [-0.15, -0.1) is 0 Å². The summed E-state index contributed by atoms with van der Waals surface area (Å²) in [7, 11) is 4.35. The standard InChI is InChI=1S/C19H19F2NO5/c1-24-13-6-7-14(16(11-13)25-2)22-18(23)9-5-12-4-8-15(27-19(20)21)17(10-12)26-3/h4-11,19H,1-3H3,(H,22,23)/b9-5+. The van der Waals surface area contributed by atoms with E-state index in [0.717, 1.165) is 0 Å². The zero-order valence-electron chi connectivity index (χ0n) is 15.0. The van der Waals surface area contributed by atoms with Crippen molar-refractivity contribution in [1.29, 1.82) is 0 Å². The van der Waals surface area contributed by atoms with E-state index in [0.29, 0.717) is 22.7 Å². The summed E-state index contributed by atoms with van der Waals surface area (Å²) in [5.41, 5.74) is 1.05. The van der Waals surface area contributed by atoms with Gasteiger partial charge in [0.2, 0.25) is 5.91 Å². The van der Waals surface area contributed by atoms with Gasteiger partial charge >= 0.3 is 6.61 Å². The number of amides is 1. The summed E-state index contributed by atoms with van der Waals surface area (Å²) in [6.07, 6.45) is 2.81. The molecule has 0 bridgehead atoms. The van der Waals surface area contributed by atoms with E-state index in [1.54, 1.807) is 18.2 Å². The highest BCUT2D eigenvalue weighted by Gasteiger charge is 2.11. The van der Waals surface area contributed by atoms with E-state index in [1.807, 2.05) is 0 Å². The van der Waals surface area contributed by atoms with Crippen LogP contribution in [0.4, 0.5) is 14.5 Å². The molecule has 2 aromatic carbocycles. The first kappa shape index (κ1) is 20.0. The van der Waals surface area contributed by atoms with Crippen molar-refractivity contribution in [2.45, 2.75) is 6.61 Å². The SMILES string of the molecule is COc1ccc(NC(=O)/C=C/c2ccc(OC(F)F)c(OC)c2)c(OC)c1. The van der Waals surface area contributed by atoms with Crippen LogP contribution < -0.4 is 24.3 Å². The number of anilines is 1. The predicted molar refractivity (Wildman–Crippen MR) is 96.8 cm³/mol. The zero-order valence-corrected chi connectivity index (χ0v) is 15.0. The number of hydrogen-bond donors (Lipinski definition) is 1. The van der Waals surface area contributed by atoms with Gasteiger partial charge in [0.1, 0.15) is 11.5 Å². The Balaban J connectivity index is 2.10. The molecule has 0 aliphatic rings. The predicted octanol–water partition coefficient (Wildman–Crippen LogP) is 3.97. The largest absolute Gasteiger partial charge is 0.497 e. The number of nitrogens with one attached hydrogen (secondary N) is 1. The zero-order chi connectivity index (χ0) is 19.8. The van der Waals surface area contributed by atoms with Crippen LogP contribution in [0.2, 0.25) is 0 Å². The monoisotopic (exact) mass is 379 g/mol. The van der Waals surface area contributed by atoms with E-state index in [1.165, 1.54) is 51.7 Å². The topological polar surface area (TPSA) is 66.0 Å². The molecule has 6 nitrogen and oxygen atoms in total. The van der Waals surface area contributed by atoms with Crippen molar-refractivity contribution in [2.24, 2.45) is 0 Å². The number of carbonyl (C=O) groups excluding carboxylic acids is 1. The number of rotatable bonds is 8. The van der Waals surface area contributed by atoms with Gasteiger partial charge in [0, 0.05) is 12.1 Å². The van der Waals surface area contributed by atoms with Gasteiger partial charge in [-0.2, -0.15) is 8.78 Å². The summed E-state index contributed by atoms with van der Waals surface area (Å²) in [4.78, 5) is 12.1. The maximum Gasteiger partial charge on any atom is 0.387 e. The van der Waals surface area contributed by atoms with E-state index in [2.05, 4.69) is 10.1 Å². The van der Waals surface area contributed by atoms with Crippen LogP contribution in [0.25, 0.3) is 6.08 Å². The molecule has 0 fully saturated rings. The highest BCUT2D eigenvalue weighted by Crippen LogP contribution is 2.30. The molecule has 27 heavy (non-hydrogen) atoms. The second-order valence-corrected chi connectivity index (χ2v) is 5.18. The molecular weight excluding hydrogens is 360 g/mol. The fourth-order valence-electron chi connectivity index (χ4n) is 2.23. The molecule has 0 radical (unpaired) electrons. The minimum absolute atomic E-state index is 0.0860. The van der Waals surface area contributed by atoms with E-state index >= 15 is 0 Å². The van der Waals surface area contributed by atoms with Crippen LogP contribution in [0.5, 0.6) is 23.0 Å². The van der Waals surface area contributed by atoms with Gasteiger partial charge in [0.15, 0.2) is 11.5 Å². The highest BCUT2D eigenvalue weighted by atomic mass is 19.3. The number of benzene rings is 2. The van der Waals surface area contributed by atoms with Crippen molar-refractivity contribution in [3.8, 4) is 23.0 Å². The molecular formula is C19H19F2NO5. The first-order valence-corrected chi connectivity index (χ1v) is 7.80. The molecule has 0 aliphatic carbocycles. The van der Waals surface area contributed by atoms with Crippen molar-refractivity contribution in [3.63, 3.8) is 0 Å². The Kier molecular flexibility index (Phi) is 6.99. The third-order valence-electron chi connectivity index (χ3n) is 3.50. The quantitative estimate of drug-likeness (QED) is 0.703. The van der Waals surface area contributed by atoms with E-state index in [4.69, 9.17) is 14.2 Å². The fourth-order valence-corrected chi connectivity index (χ4v) is 2.23. The van der Waals surface area contributed by atoms with Crippen molar-refractivity contribution in [2.75, 3.05) is 26.6 Å². The number of hydrogen-bond acceptors (Lipinski definition) is 5. The Morgan fingerprint density at radius 2 is 1.70 bits per heavy atom. The summed E-state index contributed by atoms with van der Waals surface area (Å²) in [5, 5.41) is 2.69. The minimum Gasteiger partial charge on any atom is -0.497 e. The van der Waals surface area contributed by atoms with Crippen molar-refractivity contribution in [3.05, 3.63) is 48.0 Å². The molecule has 2 aromatic rings. The summed E-state index contributed by atoms with van der Waals surface area (Å²) in [6, 6.07) is 9.34. The highest BCUT2D eigenvalue weighted by molar-refractivity contribution is 6.02. The Morgan fingerprint density at radius 1 is 0.963 bits per heavy atom. The lowest BCUT2D eigenvalue weighted by Crippen LogP contribution is -2.09. The molecule has 0 heterocycles. The van der Waals surface area contributed by atoms with Gasteiger partial charge in [-0.1, -0.05) is 6.07 Å². The Bertz CT molecular complexity index is 824. The average molecular weight is 379 g/mol. The molecule has 0 atom stereocenters.